The summed E-state index contributed by atoms with van der Waals surface area (Å²) in [7, 11) is -9.53. The van der Waals surface area contributed by atoms with E-state index in [0.29, 0.717) is 29.1 Å². The fraction of sp³-hybridized carbons (Fsp3) is 0.174. The van der Waals surface area contributed by atoms with Crippen LogP contribution in [0.1, 0.15) is 19.4 Å². The van der Waals surface area contributed by atoms with Gasteiger partial charge < -0.3 is 9.47 Å². The van der Waals surface area contributed by atoms with Gasteiger partial charge in [0.15, 0.2) is 0 Å². The Kier molecular flexibility index (Phi) is 11.5. The average molecular weight is 739 g/mol. The first-order valence-electron chi connectivity index (χ1n) is 12.5. The van der Waals surface area contributed by atoms with Crippen LogP contribution in [-0.2, 0) is 48.5 Å². The molecule has 5 N–H and O–H groups in total. The number of H-pyrrole nitrogens is 1. The number of aromatic nitrogens is 2. The smallest absolute Gasteiger partial charge is 0.294 e. The maximum atomic E-state index is 13.8. The Bertz CT molecular complexity index is 2010. The van der Waals surface area contributed by atoms with E-state index >= 15 is 0 Å². The summed E-state index contributed by atoms with van der Waals surface area (Å²) in [4.78, 5) is 26.3. The first-order chi connectivity index (χ1) is 22.2. The number of hydrazone groups is 1. The van der Waals surface area contributed by atoms with E-state index in [1.54, 1.807) is 13.8 Å². The highest BCUT2D eigenvalue weighted by Crippen LogP contribution is 2.37. The van der Waals surface area contributed by atoms with Gasteiger partial charge in [-0.05, 0) is 56.3 Å². The second-order valence-electron chi connectivity index (χ2n) is 8.60. The van der Waals surface area contributed by atoms with E-state index in [0.717, 1.165) is 47.2 Å². The lowest BCUT2D eigenvalue weighted by Crippen LogP contribution is -2.23. The molecular weight excluding hydrogens is 717 g/mol. The number of benzene rings is 2. The summed E-state index contributed by atoms with van der Waals surface area (Å²) in [5.41, 5.74) is -2.10. The first kappa shape index (κ1) is 36.1. The summed E-state index contributed by atoms with van der Waals surface area (Å²) in [5.74, 6) is -1.53. The van der Waals surface area contributed by atoms with Crippen molar-refractivity contribution in [2.75, 3.05) is 18.2 Å². The van der Waals surface area contributed by atoms with Gasteiger partial charge in [0.25, 0.3) is 31.7 Å². The standard InChI is InChI=1S/C23H22N4O16S4/c1-3-38-20-14(22(28)26(24-20)16-9-12(46(32,33)34)5-7-18(16)44-42-40-30)11-15-21(39-4-2)25-27(23(15)29)17-10-13(47(35,36)37)6-8-19(17)45-43-41-31/h5-11,24,30-31H,3-4H2,1-2H3,(H,32,33,34)(H,35,36,37)/b15-11-. The Morgan fingerprint density at radius 1 is 0.851 bits per heavy atom. The second kappa shape index (κ2) is 15.0. The normalized spacial score (nSPS) is 14.6. The minimum atomic E-state index is -4.77. The minimum absolute atomic E-state index is 0.00504. The van der Waals surface area contributed by atoms with Crippen LogP contribution in [0.5, 0.6) is 5.88 Å². The molecule has 0 atom stereocenters. The number of hydrogen-bond donors (Lipinski definition) is 5. The zero-order valence-corrected chi connectivity index (χ0v) is 26.9. The van der Waals surface area contributed by atoms with Gasteiger partial charge in [-0.15, -0.1) is 13.8 Å². The molecule has 24 heteroatoms. The van der Waals surface area contributed by atoms with E-state index in [1.807, 2.05) is 0 Å². The third-order valence-corrected chi connectivity index (χ3v) is 8.83. The number of amides is 1. The minimum Gasteiger partial charge on any atom is -0.478 e. The fourth-order valence-electron chi connectivity index (χ4n) is 3.95. The predicted octanol–water partition coefficient (Wildman–Crippen LogP) is 2.69. The number of carbonyl (C=O) groups is 1. The van der Waals surface area contributed by atoms with E-state index in [9.17, 15) is 35.5 Å². The van der Waals surface area contributed by atoms with Gasteiger partial charge in [0, 0.05) is 0 Å². The number of ether oxygens (including phenoxy) is 2. The highest BCUT2D eigenvalue weighted by molar-refractivity contribution is 7.95. The number of hydrogen-bond acceptors (Lipinski definition) is 17. The maximum absolute atomic E-state index is 13.8. The summed E-state index contributed by atoms with van der Waals surface area (Å²) in [6, 6.07) is 5.99. The molecule has 0 spiro atoms. The van der Waals surface area contributed by atoms with Crippen LogP contribution in [0.15, 0.2) is 71.4 Å². The number of aromatic amines is 1. The summed E-state index contributed by atoms with van der Waals surface area (Å²) >= 11 is 0.714. The van der Waals surface area contributed by atoms with Crippen molar-refractivity contribution < 1.29 is 69.5 Å². The van der Waals surface area contributed by atoms with Crippen LogP contribution >= 0.6 is 24.1 Å². The largest absolute Gasteiger partial charge is 0.478 e. The van der Waals surface area contributed by atoms with Crippen LogP contribution in [0.3, 0.4) is 0 Å². The third kappa shape index (κ3) is 8.03. The van der Waals surface area contributed by atoms with Gasteiger partial charge in [0.1, 0.15) is 11.1 Å². The van der Waals surface area contributed by atoms with E-state index < -0.39 is 41.5 Å². The molecule has 0 aliphatic carbocycles. The Hall–Kier alpha value is -3.79. The summed E-state index contributed by atoms with van der Waals surface area (Å²) in [6.07, 6.45) is 1.04. The third-order valence-electron chi connectivity index (χ3n) is 5.83. The molecule has 254 valence electrons. The lowest BCUT2D eigenvalue weighted by Gasteiger charge is -2.15. The monoisotopic (exact) mass is 738 g/mol. The molecule has 1 aliphatic heterocycles. The first-order valence-corrected chi connectivity index (χ1v) is 16.9. The number of nitrogens with one attached hydrogen (secondary N) is 1. The second-order valence-corrected chi connectivity index (χ2v) is 12.9. The van der Waals surface area contributed by atoms with Crippen molar-refractivity contribution in [1.29, 1.82) is 0 Å². The number of anilines is 1. The Morgan fingerprint density at radius 2 is 1.38 bits per heavy atom. The molecule has 1 aliphatic rings. The van der Waals surface area contributed by atoms with Crippen LogP contribution in [-0.4, -0.2) is 71.3 Å². The average Bonchev–Trinajstić information content (AvgIpc) is 3.49. The summed E-state index contributed by atoms with van der Waals surface area (Å²) in [5, 5.41) is 31.8. The zero-order valence-electron chi connectivity index (χ0n) is 23.6. The zero-order chi connectivity index (χ0) is 34.5. The van der Waals surface area contributed by atoms with Crippen molar-refractivity contribution >= 4 is 67.9 Å². The van der Waals surface area contributed by atoms with Crippen LogP contribution in [0.25, 0.3) is 11.8 Å². The Morgan fingerprint density at radius 3 is 1.89 bits per heavy atom. The molecule has 0 unspecified atom stereocenters. The van der Waals surface area contributed by atoms with Crippen LogP contribution in [0, 0.1) is 0 Å². The molecule has 0 saturated heterocycles. The van der Waals surface area contributed by atoms with Crippen LogP contribution < -0.4 is 15.3 Å². The van der Waals surface area contributed by atoms with Crippen molar-refractivity contribution in [3.05, 3.63) is 57.9 Å². The Balaban J connectivity index is 1.91. The lowest BCUT2D eigenvalue weighted by atomic mass is 10.1. The topological polar surface area (TPSA) is 275 Å². The predicted molar refractivity (Wildman–Crippen MR) is 159 cm³/mol. The van der Waals surface area contributed by atoms with E-state index in [2.05, 4.69) is 28.9 Å². The molecule has 3 aromatic rings. The SMILES string of the molecule is CCOC1=NN(c2cc(S(=O)(=O)O)ccc2SOOO)C(=O)/C1=C\c1c(OCC)[nH]n(-c2cc(S(=O)(=O)O)ccc2SOOO)c1=O. The quantitative estimate of drug-likeness (QED) is 0.0522. The molecule has 1 amide bonds. The molecule has 1 aromatic heterocycles. The fourth-order valence-corrected chi connectivity index (χ4v) is 5.87. The van der Waals surface area contributed by atoms with Gasteiger partial charge in [-0.3, -0.25) is 23.8 Å². The molecule has 0 radical (unpaired) electrons. The van der Waals surface area contributed by atoms with Crippen molar-refractivity contribution in [2.45, 2.75) is 33.4 Å². The van der Waals surface area contributed by atoms with Crippen molar-refractivity contribution in [3.63, 3.8) is 0 Å². The molecule has 4 rings (SSSR count). The molecule has 0 fully saturated rings. The van der Waals surface area contributed by atoms with Gasteiger partial charge in [0.2, 0.25) is 11.8 Å². The summed E-state index contributed by atoms with van der Waals surface area (Å²) in [6.45, 7) is 3.10. The van der Waals surface area contributed by atoms with E-state index in [4.69, 9.17) is 20.0 Å². The molecule has 47 heavy (non-hydrogen) atoms. The van der Waals surface area contributed by atoms with Crippen molar-refractivity contribution in [1.82, 2.24) is 9.78 Å². The molecule has 20 nitrogen and oxygen atoms in total. The highest BCUT2D eigenvalue weighted by atomic mass is 32.2. The van der Waals surface area contributed by atoms with Gasteiger partial charge in [-0.25, -0.2) is 15.2 Å². The number of rotatable bonds is 14. The lowest BCUT2D eigenvalue weighted by molar-refractivity contribution is -0.432. The molecular formula is C23H22N4O16S4. The number of carbonyl (C=O) groups excluding carboxylic acids is 1. The molecule has 0 saturated carbocycles. The van der Waals surface area contributed by atoms with Crippen molar-refractivity contribution in [3.8, 4) is 11.6 Å². The maximum Gasteiger partial charge on any atom is 0.294 e. The summed E-state index contributed by atoms with van der Waals surface area (Å²) < 4.78 is 87.2. The highest BCUT2D eigenvalue weighted by Gasteiger charge is 2.36. The van der Waals surface area contributed by atoms with Crippen LogP contribution in [0.2, 0.25) is 0 Å². The van der Waals surface area contributed by atoms with Crippen LogP contribution in [0.4, 0.5) is 5.69 Å². The Labute approximate surface area is 272 Å². The molecule has 2 aromatic carbocycles. The van der Waals surface area contributed by atoms with E-state index in [1.165, 1.54) is 0 Å². The van der Waals surface area contributed by atoms with Crippen molar-refractivity contribution in [2.24, 2.45) is 5.10 Å². The van der Waals surface area contributed by atoms with Gasteiger partial charge in [-0.2, -0.15) is 21.8 Å². The van der Waals surface area contributed by atoms with E-state index in [-0.39, 0.29) is 57.3 Å². The molecule has 2 heterocycles. The van der Waals surface area contributed by atoms with Gasteiger partial charge in [-0.1, -0.05) is 10.1 Å². The molecule has 0 bridgehead atoms. The van der Waals surface area contributed by atoms with Gasteiger partial charge in [0.05, 0.1) is 68.3 Å². The van der Waals surface area contributed by atoms with Gasteiger partial charge >= 0.3 is 0 Å². The number of nitrogens with zero attached hydrogens (tertiary/aromatic N) is 3.